The third kappa shape index (κ3) is 1.43. The number of imide groups is 1. The van der Waals surface area contributed by atoms with Crippen molar-refractivity contribution in [2.45, 2.75) is 39.7 Å². The maximum atomic E-state index is 11.9. The van der Waals surface area contributed by atoms with E-state index in [9.17, 15) is 14.7 Å². The van der Waals surface area contributed by atoms with Gasteiger partial charge in [-0.15, -0.1) is 0 Å². The van der Waals surface area contributed by atoms with E-state index in [2.05, 4.69) is 0 Å². The van der Waals surface area contributed by atoms with Crippen LogP contribution >= 0.6 is 0 Å². The fraction of sp³-hybridized carbons (Fsp3) is 0.800. The molecule has 0 spiro atoms. The van der Waals surface area contributed by atoms with Gasteiger partial charge in [-0.3, -0.25) is 0 Å². The largest absolute Gasteiger partial charge is 0.521 e. The number of nitrogens with zero attached hydrogens (tertiary/aromatic N) is 1. The zero-order valence-corrected chi connectivity index (χ0v) is 8.99. The van der Waals surface area contributed by atoms with E-state index in [0.29, 0.717) is 6.54 Å². The second-order valence-corrected chi connectivity index (χ2v) is 4.36. The molecule has 1 saturated heterocycles. The summed E-state index contributed by atoms with van der Waals surface area (Å²) < 4.78 is -0.363. The van der Waals surface area contributed by atoms with E-state index in [-0.39, 0.29) is 22.3 Å². The molecule has 1 fully saturated rings. The standard InChI is InChI=1S/C10H17NO3/c1-7(2)9(12)11(10(13)14)6-4-5-8(11)3/h7-8H,4-6H2,1-3H3/p+1/t8-,11?/m1/s1. The SMILES string of the molecule is CC(C)C(=O)[N+]1(C(=O)O)CCC[C@H]1C. The zero-order valence-electron chi connectivity index (χ0n) is 8.99. The Bertz CT molecular complexity index is 262. The lowest BCUT2D eigenvalue weighted by molar-refractivity contribution is -0.794. The molecule has 80 valence electrons. The van der Waals surface area contributed by atoms with Gasteiger partial charge in [0.05, 0.1) is 12.5 Å². The second kappa shape index (κ2) is 3.69. The number of amides is 2. The third-order valence-corrected chi connectivity index (χ3v) is 3.11. The molecule has 14 heavy (non-hydrogen) atoms. The number of carbonyl (C=O) groups excluding carboxylic acids is 1. The summed E-state index contributed by atoms with van der Waals surface area (Å²) in [7, 11) is 0. The average Bonchev–Trinajstić information content (AvgIpc) is 2.46. The van der Waals surface area contributed by atoms with Crippen molar-refractivity contribution in [2.75, 3.05) is 6.54 Å². The van der Waals surface area contributed by atoms with Gasteiger partial charge in [-0.1, -0.05) is 0 Å². The van der Waals surface area contributed by atoms with Crippen molar-refractivity contribution in [2.24, 2.45) is 5.92 Å². The molecule has 1 aliphatic heterocycles. The average molecular weight is 200 g/mol. The molecule has 0 aliphatic carbocycles. The van der Waals surface area contributed by atoms with E-state index in [1.165, 1.54) is 0 Å². The molecule has 0 saturated carbocycles. The Hall–Kier alpha value is -0.900. The molecule has 0 aromatic carbocycles. The van der Waals surface area contributed by atoms with E-state index in [1.807, 2.05) is 6.92 Å². The Balaban J connectivity index is 3.05. The van der Waals surface area contributed by atoms with Gasteiger partial charge < -0.3 is 5.11 Å². The van der Waals surface area contributed by atoms with E-state index in [4.69, 9.17) is 0 Å². The van der Waals surface area contributed by atoms with Crippen molar-refractivity contribution >= 4 is 12.0 Å². The molecule has 0 aromatic rings. The first-order valence-electron chi connectivity index (χ1n) is 5.08. The highest BCUT2D eigenvalue weighted by atomic mass is 16.4. The zero-order chi connectivity index (χ0) is 10.9. The Morgan fingerprint density at radius 3 is 2.29 bits per heavy atom. The lowest BCUT2D eigenvalue weighted by Crippen LogP contribution is -2.59. The van der Waals surface area contributed by atoms with Gasteiger partial charge in [0.15, 0.2) is 0 Å². The fourth-order valence-corrected chi connectivity index (χ4v) is 2.24. The molecule has 4 heteroatoms. The lowest BCUT2D eigenvalue weighted by atomic mass is 10.1. The number of carbonyl (C=O) groups is 2. The monoisotopic (exact) mass is 200 g/mol. The molecule has 1 rings (SSSR count). The Kier molecular flexibility index (Phi) is 2.95. The van der Waals surface area contributed by atoms with Crippen molar-refractivity contribution in [1.29, 1.82) is 0 Å². The van der Waals surface area contributed by atoms with Gasteiger partial charge in [-0.05, 0) is 20.8 Å². The molecule has 2 amide bonds. The maximum Gasteiger partial charge on any atom is 0.521 e. The van der Waals surface area contributed by atoms with Crippen LogP contribution in [0.3, 0.4) is 0 Å². The summed E-state index contributed by atoms with van der Waals surface area (Å²) in [5, 5.41) is 9.20. The Morgan fingerprint density at radius 2 is 2.00 bits per heavy atom. The minimum Gasteiger partial charge on any atom is -0.435 e. The van der Waals surface area contributed by atoms with E-state index < -0.39 is 6.09 Å². The predicted molar refractivity (Wildman–Crippen MR) is 51.7 cm³/mol. The van der Waals surface area contributed by atoms with E-state index in [1.54, 1.807) is 13.8 Å². The van der Waals surface area contributed by atoms with Crippen LogP contribution in [0.25, 0.3) is 0 Å². The van der Waals surface area contributed by atoms with Crippen LogP contribution in [0, 0.1) is 5.92 Å². The van der Waals surface area contributed by atoms with Crippen molar-refractivity contribution < 1.29 is 19.2 Å². The Morgan fingerprint density at radius 1 is 1.43 bits per heavy atom. The number of carboxylic acid groups (broad SMARTS) is 1. The quantitative estimate of drug-likeness (QED) is 0.657. The number of rotatable bonds is 1. The van der Waals surface area contributed by atoms with Crippen molar-refractivity contribution in [3.05, 3.63) is 0 Å². The summed E-state index contributed by atoms with van der Waals surface area (Å²) in [5.41, 5.74) is 0. The van der Waals surface area contributed by atoms with Crippen LogP contribution in [-0.2, 0) is 4.79 Å². The van der Waals surface area contributed by atoms with Crippen LogP contribution in [-0.4, -0.2) is 34.2 Å². The van der Waals surface area contributed by atoms with Crippen LogP contribution in [0.1, 0.15) is 33.6 Å². The first kappa shape index (κ1) is 11.2. The fourth-order valence-electron chi connectivity index (χ4n) is 2.24. The minimum absolute atomic E-state index is 0.0811. The van der Waals surface area contributed by atoms with Gasteiger partial charge in [-0.2, -0.15) is 9.28 Å². The van der Waals surface area contributed by atoms with E-state index >= 15 is 0 Å². The Labute approximate surface area is 84.1 Å². The van der Waals surface area contributed by atoms with Crippen LogP contribution in [0.4, 0.5) is 4.79 Å². The summed E-state index contributed by atoms with van der Waals surface area (Å²) in [6.45, 7) is 5.82. The highest BCUT2D eigenvalue weighted by Crippen LogP contribution is 2.29. The van der Waals surface area contributed by atoms with Crippen molar-refractivity contribution in [3.8, 4) is 0 Å². The number of hydrogen-bond donors (Lipinski definition) is 1. The molecule has 1 heterocycles. The van der Waals surface area contributed by atoms with Gasteiger partial charge in [0.2, 0.25) is 0 Å². The summed E-state index contributed by atoms with van der Waals surface area (Å²) >= 11 is 0. The molecule has 2 atom stereocenters. The van der Waals surface area contributed by atoms with Crippen LogP contribution in [0.15, 0.2) is 0 Å². The molecular formula is C10H18NO3+. The molecule has 0 bridgehead atoms. The third-order valence-electron chi connectivity index (χ3n) is 3.11. The first-order valence-corrected chi connectivity index (χ1v) is 5.08. The van der Waals surface area contributed by atoms with Crippen LogP contribution in [0.2, 0.25) is 0 Å². The highest BCUT2D eigenvalue weighted by Gasteiger charge is 2.53. The molecule has 4 nitrogen and oxygen atoms in total. The van der Waals surface area contributed by atoms with Gasteiger partial charge in [-0.25, -0.2) is 4.79 Å². The summed E-state index contributed by atoms with van der Waals surface area (Å²) in [5.74, 6) is -0.380. The smallest absolute Gasteiger partial charge is 0.435 e. The molecule has 0 radical (unpaired) electrons. The minimum atomic E-state index is -0.992. The molecular weight excluding hydrogens is 182 g/mol. The first-order chi connectivity index (χ1) is 6.43. The van der Waals surface area contributed by atoms with Gasteiger partial charge in [0.1, 0.15) is 6.04 Å². The molecule has 1 N–H and O–H groups in total. The lowest BCUT2D eigenvalue weighted by Gasteiger charge is -2.30. The van der Waals surface area contributed by atoms with Gasteiger partial charge >= 0.3 is 12.0 Å². The van der Waals surface area contributed by atoms with Crippen molar-refractivity contribution in [3.63, 3.8) is 0 Å². The molecule has 0 aromatic heterocycles. The van der Waals surface area contributed by atoms with Crippen LogP contribution in [0.5, 0.6) is 0 Å². The van der Waals surface area contributed by atoms with Gasteiger partial charge in [0, 0.05) is 12.8 Å². The number of likely N-dealkylation sites (tertiary alicyclic amines) is 1. The summed E-state index contributed by atoms with van der Waals surface area (Å²) in [6.07, 6.45) is 0.658. The van der Waals surface area contributed by atoms with Crippen LogP contribution < -0.4 is 0 Å². The van der Waals surface area contributed by atoms with E-state index in [0.717, 1.165) is 12.8 Å². The molecule has 1 unspecified atom stereocenters. The molecule has 1 aliphatic rings. The second-order valence-electron chi connectivity index (χ2n) is 4.36. The van der Waals surface area contributed by atoms with Gasteiger partial charge in [0.25, 0.3) is 0 Å². The number of hydrogen-bond acceptors (Lipinski definition) is 2. The predicted octanol–water partition coefficient (Wildman–Crippen LogP) is 1.85. The topological polar surface area (TPSA) is 54.4 Å². The highest BCUT2D eigenvalue weighted by molar-refractivity contribution is 5.82. The maximum absolute atomic E-state index is 11.9. The summed E-state index contributed by atoms with van der Waals surface area (Å²) in [6, 6.07) is -0.0811. The number of quaternary nitrogens is 1. The van der Waals surface area contributed by atoms with Crippen molar-refractivity contribution in [1.82, 2.24) is 0 Å². The normalized spacial score (nSPS) is 32.1. The summed E-state index contributed by atoms with van der Waals surface area (Å²) in [4.78, 5) is 23.1.